The summed E-state index contributed by atoms with van der Waals surface area (Å²) in [6.07, 6.45) is 0.637. The summed E-state index contributed by atoms with van der Waals surface area (Å²) in [5.74, 6) is 0.247. The van der Waals surface area contributed by atoms with Gasteiger partial charge in [0, 0.05) is 60.3 Å². The number of benzene rings is 2. The van der Waals surface area contributed by atoms with Gasteiger partial charge in [0.05, 0.1) is 30.3 Å². The first kappa shape index (κ1) is 27.7. The molecule has 0 atom stereocenters. The number of fused-ring (bicyclic) bond motifs is 1. The SMILES string of the molecule is CCN1CCN(Cc2cc(-c3cnn4c(-c5cccc(NC(=O)c6cccc(C(F)(F)F)c6)c5)ccnc34)co2)CC1. The molecule has 1 N–H and O–H groups in total. The fraction of sp³-hybridized carbons (Fsp3) is 0.258. The molecular weight excluding hydrogens is 545 g/mol. The quantitative estimate of drug-likeness (QED) is 0.255. The Balaban J connectivity index is 1.21. The highest BCUT2D eigenvalue weighted by molar-refractivity contribution is 6.04. The van der Waals surface area contributed by atoms with E-state index in [2.05, 4.69) is 32.1 Å². The third-order valence-electron chi connectivity index (χ3n) is 7.53. The maximum absolute atomic E-state index is 13.1. The van der Waals surface area contributed by atoms with Crippen LogP contribution in [0.1, 0.15) is 28.6 Å². The molecule has 1 fully saturated rings. The molecule has 0 unspecified atom stereocenters. The summed E-state index contributed by atoms with van der Waals surface area (Å²) in [5.41, 5.74) is 3.33. The Labute approximate surface area is 240 Å². The van der Waals surface area contributed by atoms with E-state index in [-0.39, 0.29) is 5.56 Å². The highest BCUT2D eigenvalue weighted by Crippen LogP contribution is 2.31. The van der Waals surface area contributed by atoms with Crippen molar-refractivity contribution in [2.45, 2.75) is 19.6 Å². The first-order chi connectivity index (χ1) is 20.3. The van der Waals surface area contributed by atoms with Crippen LogP contribution in [0.25, 0.3) is 28.0 Å². The smallest absolute Gasteiger partial charge is 0.416 e. The summed E-state index contributed by atoms with van der Waals surface area (Å²) in [6, 6.07) is 15.2. The minimum Gasteiger partial charge on any atom is -0.467 e. The van der Waals surface area contributed by atoms with Crippen molar-refractivity contribution in [3.63, 3.8) is 0 Å². The number of anilines is 1. The van der Waals surface area contributed by atoms with E-state index in [4.69, 9.17) is 4.42 Å². The minimum absolute atomic E-state index is 0.0825. The van der Waals surface area contributed by atoms with Gasteiger partial charge < -0.3 is 14.6 Å². The van der Waals surface area contributed by atoms with Gasteiger partial charge in [-0.25, -0.2) is 9.50 Å². The zero-order valence-electron chi connectivity index (χ0n) is 22.9. The maximum Gasteiger partial charge on any atom is 0.416 e. The van der Waals surface area contributed by atoms with Gasteiger partial charge >= 0.3 is 6.18 Å². The van der Waals surface area contributed by atoms with E-state index >= 15 is 0 Å². The zero-order valence-corrected chi connectivity index (χ0v) is 22.9. The standard InChI is InChI=1S/C31H29F3N6O2/c1-2-38-11-13-39(14-12-38)19-26-17-23(20-42-26)27-18-36-40-28(9-10-35-29(27)40)21-5-4-8-25(16-21)37-30(41)22-6-3-7-24(15-22)31(32,33)34/h3-10,15-18,20H,2,11-14,19H2,1H3,(H,37,41). The number of rotatable bonds is 7. The number of carbonyl (C=O) groups excluding carboxylic acids is 1. The second-order valence-corrected chi connectivity index (χ2v) is 10.2. The Morgan fingerprint density at radius 1 is 0.976 bits per heavy atom. The van der Waals surface area contributed by atoms with Crippen molar-refractivity contribution in [1.29, 1.82) is 0 Å². The molecule has 0 spiro atoms. The lowest BCUT2D eigenvalue weighted by molar-refractivity contribution is -0.137. The first-order valence-corrected chi connectivity index (χ1v) is 13.7. The van der Waals surface area contributed by atoms with E-state index in [9.17, 15) is 18.0 Å². The molecule has 6 rings (SSSR count). The monoisotopic (exact) mass is 574 g/mol. The molecular formula is C31H29F3N6O2. The number of likely N-dealkylation sites (N-methyl/N-ethyl adjacent to an activating group) is 1. The van der Waals surface area contributed by atoms with Crippen molar-refractivity contribution in [2.24, 2.45) is 0 Å². The Morgan fingerprint density at radius 2 is 1.76 bits per heavy atom. The van der Waals surface area contributed by atoms with Crippen LogP contribution in [0, 0.1) is 0 Å². The molecule has 2 aromatic carbocycles. The number of carbonyl (C=O) groups is 1. The molecule has 42 heavy (non-hydrogen) atoms. The Morgan fingerprint density at radius 3 is 2.55 bits per heavy atom. The fourth-order valence-electron chi connectivity index (χ4n) is 5.20. The minimum atomic E-state index is -4.53. The fourth-order valence-corrected chi connectivity index (χ4v) is 5.20. The average molecular weight is 575 g/mol. The largest absolute Gasteiger partial charge is 0.467 e. The lowest BCUT2D eigenvalue weighted by Crippen LogP contribution is -2.45. The molecule has 1 aliphatic rings. The Kier molecular flexibility index (Phi) is 7.53. The molecule has 1 amide bonds. The second kappa shape index (κ2) is 11.4. The van der Waals surface area contributed by atoms with Crippen LogP contribution in [0.3, 0.4) is 0 Å². The van der Waals surface area contributed by atoms with Crippen LogP contribution in [0.2, 0.25) is 0 Å². The third-order valence-corrected chi connectivity index (χ3v) is 7.53. The summed E-state index contributed by atoms with van der Waals surface area (Å²) in [5, 5.41) is 7.29. The van der Waals surface area contributed by atoms with E-state index in [0.717, 1.165) is 79.5 Å². The summed E-state index contributed by atoms with van der Waals surface area (Å²) < 4.78 is 46.9. The normalized spacial score (nSPS) is 14.9. The number of furan rings is 1. The Hall–Kier alpha value is -4.48. The molecule has 11 heteroatoms. The molecule has 0 aliphatic carbocycles. The average Bonchev–Trinajstić information content (AvgIpc) is 3.64. The number of nitrogens with one attached hydrogen (secondary N) is 1. The second-order valence-electron chi connectivity index (χ2n) is 10.2. The lowest BCUT2D eigenvalue weighted by atomic mass is 10.1. The number of halogens is 3. The van der Waals surface area contributed by atoms with Crippen molar-refractivity contribution < 1.29 is 22.4 Å². The molecule has 1 aliphatic heterocycles. The van der Waals surface area contributed by atoms with Crippen LogP contribution in [0.5, 0.6) is 0 Å². The van der Waals surface area contributed by atoms with Crippen molar-refractivity contribution in [1.82, 2.24) is 24.4 Å². The molecule has 0 saturated carbocycles. The molecule has 8 nitrogen and oxygen atoms in total. The van der Waals surface area contributed by atoms with Crippen LogP contribution in [-0.2, 0) is 12.7 Å². The van der Waals surface area contributed by atoms with Gasteiger partial charge in [-0.15, -0.1) is 0 Å². The van der Waals surface area contributed by atoms with Crippen molar-refractivity contribution in [3.05, 3.63) is 96.2 Å². The van der Waals surface area contributed by atoms with Crippen LogP contribution in [0.4, 0.5) is 18.9 Å². The number of aromatic nitrogens is 3. The number of hydrogen-bond donors (Lipinski definition) is 1. The summed E-state index contributed by atoms with van der Waals surface area (Å²) in [4.78, 5) is 22.1. The van der Waals surface area contributed by atoms with E-state index in [1.165, 1.54) is 12.1 Å². The van der Waals surface area contributed by atoms with Gasteiger partial charge in [0.2, 0.25) is 0 Å². The van der Waals surface area contributed by atoms with Gasteiger partial charge in [0.15, 0.2) is 5.65 Å². The maximum atomic E-state index is 13.1. The summed E-state index contributed by atoms with van der Waals surface area (Å²) in [7, 11) is 0. The van der Waals surface area contributed by atoms with Gasteiger partial charge in [-0.2, -0.15) is 18.3 Å². The van der Waals surface area contributed by atoms with E-state index < -0.39 is 17.6 Å². The predicted octanol–water partition coefficient (Wildman–Crippen LogP) is 6.06. The molecule has 0 radical (unpaired) electrons. The molecule has 216 valence electrons. The lowest BCUT2D eigenvalue weighted by Gasteiger charge is -2.33. The van der Waals surface area contributed by atoms with Crippen LogP contribution < -0.4 is 5.32 Å². The van der Waals surface area contributed by atoms with Crippen molar-refractivity contribution >= 4 is 17.2 Å². The van der Waals surface area contributed by atoms with E-state index in [0.29, 0.717) is 11.3 Å². The number of nitrogens with zero attached hydrogens (tertiary/aromatic N) is 5. The number of piperazine rings is 1. The topological polar surface area (TPSA) is 78.9 Å². The first-order valence-electron chi connectivity index (χ1n) is 13.7. The predicted molar refractivity (Wildman–Crippen MR) is 153 cm³/mol. The van der Waals surface area contributed by atoms with E-state index in [1.54, 1.807) is 41.4 Å². The van der Waals surface area contributed by atoms with Gasteiger partial charge in [-0.1, -0.05) is 25.1 Å². The van der Waals surface area contributed by atoms with Gasteiger partial charge in [0.1, 0.15) is 5.76 Å². The van der Waals surface area contributed by atoms with Gasteiger partial charge in [-0.3, -0.25) is 9.69 Å². The van der Waals surface area contributed by atoms with Crippen LogP contribution in [0.15, 0.2) is 83.7 Å². The molecule has 1 saturated heterocycles. The number of amides is 1. The zero-order chi connectivity index (χ0) is 29.3. The van der Waals surface area contributed by atoms with Gasteiger partial charge in [0.25, 0.3) is 5.91 Å². The molecule has 5 aromatic rings. The molecule has 4 heterocycles. The van der Waals surface area contributed by atoms with Crippen LogP contribution >= 0.6 is 0 Å². The third kappa shape index (κ3) is 5.79. The Bertz CT molecular complexity index is 1720. The highest BCUT2D eigenvalue weighted by Gasteiger charge is 2.31. The van der Waals surface area contributed by atoms with Gasteiger partial charge in [-0.05, 0) is 49.0 Å². The van der Waals surface area contributed by atoms with Crippen molar-refractivity contribution in [3.8, 4) is 22.4 Å². The number of alkyl halides is 3. The van der Waals surface area contributed by atoms with Crippen LogP contribution in [-0.4, -0.2) is 63.0 Å². The summed E-state index contributed by atoms with van der Waals surface area (Å²) >= 11 is 0. The molecule has 0 bridgehead atoms. The van der Waals surface area contributed by atoms with E-state index in [1.807, 2.05) is 18.2 Å². The summed E-state index contributed by atoms with van der Waals surface area (Å²) in [6.45, 7) is 8.12. The van der Waals surface area contributed by atoms with Crippen molar-refractivity contribution in [2.75, 3.05) is 38.0 Å². The molecule has 3 aromatic heterocycles. The number of hydrogen-bond acceptors (Lipinski definition) is 6. The highest BCUT2D eigenvalue weighted by atomic mass is 19.4.